The van der Waals surface area contributed by atoms with Crippen LogP contribution in [-0.2, 0) is 6.54 Å². The summed E-state index contributed by atoms with van der Waals surface area (Å²) in [5.74, 6) is 0.326. The van der Waals surface area contributed by atoms with Crippen LogP contribution in [0.3, 0.4) is 0 Å². The Morgan fingerprint density at radius 1 is 1.41 bits per heavy atom. The number of aromatic nitrogens is 4. The molecule has 0 aliphatic rings. The summed E-state index contributed by atoms with van der Waals surface area (Å²) in [5, 5.41) is 0.615. The maximum Gasteiger partial charge on any atom is 0.274 e. The van der Waals surface area contributed by atoms with Crippen LogP contribution in [0.4, 0.5) is 0 Å². The van der Waals surface area contributed by atoms with Gasteiger partial charge in [-0.15, -0.1) is 0 Å². The first-order chi connectivity index (χ1) is 10.5. The van der Waals surface area contributed by atoms with Gasteiger partial charge in [-0.1, -0.05) is 11.6 Å². The number of aromatic amines is 2. The van der Waals surface area contributed by atoms with Crippen molar-refractivity contribution in [1.29, 1.82) is 0 Å². The molecule has 0 aliphatic heterocycles. The topological polar surface area (TPSA) is 94.7 Å². The molecule has 0 bridgehead atoms. The molecule has 0 radical (unpaired) electrons. The minimum Gasteiger partial charge on any atom is -0.340 e. The van der Waals surface area contributed by atoms with Gasteiger partial charge >= 0.3 is 0 Å². The van der Waals surface area contributed by atoms with Crippen LogP contribution in [0.5, 0.6) is 0 Å². The van der Waals surface area contributed by atoms with Crippen molar-refractivity contribution in [3.05, 3.63) is 57.5 Å². The monoisotopic (exact) mass is 317 g/mol. The molecule has 112 valence electrons. The molecule has 8 heteroatoms. The molecule has 3 aromatic rings. The minimum atomic E-state index is -0.353. The van der Waals surface area contributed by atoms with Gasteiger partial charge in [0, 0.05) is 18.3 Å². The van der Waals surface area contributed by atoms with Gasteiger partial charge in [0.05, 0.1) is 23.8 Å². The maximum absolute atomic E-state index is 12.2. The Morgan fingerprint density at radius 3 is 2.95 bits per heavy atom. The second kappa shape index (κ2) is 5.61. The molecule has 0 saturated heterocycles. The highest BCUT2D eigenvalue weighted by Gasteiger charge is 2.15. The average Bonchev–Trinajstić information content (AvgIpc) is 2.88. The number of H-pyrrole nitrogens is 2. The van der Waals surface area contributed by atoms with Crippen molar-refractivity contribution in [2.75, 3.05) is 7.05 Å². The van der Waals surface area contributed by atoms with E-state index in [4.69, 9.17) is 11.6 Å². The summed E-state index contributed by atoms with van der Waals surface area (Å²) in [6, 6.07) is 5.34. The van der Waals surface area contributed by atoms with E-state index in [0.29, 0.717) is 10.8 Å². The molecule has 3 rings (SSSR count). The van der Waals surface area contributed by atoms with Gasteiger partial charge in [0.2, 0.25) is 0 Å². The van der Waals surface area contributed by atoms with Gasteiger partial charge in [-0.25, -0.2) is 9.97 Å². The number of benzene rings is 1. The molecule has 0 aliphatic carbocycles. The highest BCUT2D eigenvalue weighted by molar-refractivity contribution is 6.31. The van der Waals surface area contributed by atoms with Crippen LogP contribution in [0, 0.1) is 0 Å². The van der Waals surface area contributed by atoms with Crippen molar-refractivity contribution in [2.24, 2.45) is 0 Å². The molecular weight excluding hydrogens is 306 g/mol. The summed E-state index contributed by atoms with van der Waals surface area (Å²) in [5.41, 5.74) is 1.41. The number of imidazole rings is 1. The minimum absolute atomic E-state index is 0.168. The number of hydrogen-bond donors (Lipinski definition) is 2. The molecule has 0 saturated carbocycles. The second-order valence-corrected chi connectivity index (χ2v) is 5.24. The number of rotatable bonds is 3. The first-order valence-electron chi connectivity index (χ1n) is 6.47. The zero-order valence-electron chi connectivity index (χ0n) is 11.6. The van der Waals surface area contributed by atoms with E-state index >= 15 is 0 Å². The van der Waals surface area contributed by atoms with E-state index in [-0.39, 0.29) is 23.7 Å². The molecular formula is C14H12ClN5O2. The summed E-state index contributed by atoms with van der Waals surface area (Å²) in [6.45, 7) is 0.284. The third kappa shape index (κ3) is 2.84. The molecule has 0 fully saturated rings. The predicted molar refractivity (Wildman–Crippen MR) is 81.8 cm³/mol. The molecule has 7 nitrogen and oxygen atoms in total. The van der Waals surface area contributed by atoms with E-state index in [2.05, 4.69) is 19.9 Å². The Hall–Kier alpha value is -2.67. The lowest BCUT2D eigenvalue weighted by Gasteiger charge is -2.14. The Bertz CT molecular complexity index is 881. The van der Waals surface area contributed by atoms with Crippen LogP contribution in [0.1, 0.15) is 16.3 Å². The van der Waals surface area contributed by atoms with Crippen molar-refractivity contribution in [3.8, 4) is 0 Å². The molecule has 22 heavy (non-hydrogen) atoms. The van der Waals surface area contributed by atoms with E-state index in [0.717, 1.165) is 17.2 Å². The number of fused-ring (bicyclic) bond motifs is 1. The average molecular weight is 318 g/mol. The molecule has 0 spiro atoms. The first-order valence-corrected chi connectivity index (χ1v) is 6.85. The normalized spacial score (nSPS) is 10.8. The zero-order valence-corrected chi connectivity index (χ0v) is 12.4. The summed E-state index contributed by atoms with van der Waals surface area (Å²) in [7, 11) is 1.63. The standard InChI is InChI=1S/C14H12ClN5O2/c1-20(14(22)11-5-17-13(21)6-16-11)7-12-18-9-3-2-8(15)4-10(9)19-12/h2-6H,7H2,1H3,(H,17,21)(H,18,19). The second-order valence-electron chi connectivity index (χ2n) is 4.80. The number of carbonyl (C=O) groups excluding carboxylic acids is 1. The van der Waals surface area contributed by atoms with Gasteiger partial charge in [-0.2, -0.15) is 0 Å². The molecule has 2 N–H and O–H groups in total. The SMILES string of the molecule is CN(Cc1nc2ccc(Cl)cc2[nH]1)C(=O)c1c[nH]c(=O)cn1. The van der Waals surface area contributed by atoms with Crippen molar-refractivity contribution < 1.29 is 4.79 Å². The van der Waals surface area contributed by atoms with Crippen LogP contribution < -0.4 is 5.56 Å². The number of carbonyl (C=O) groups is 1. The number of amides is 1. The van der Waals surface area contributed by atoms with E-state index < -0.39 is 0 Å². The van der Waals surface area contributed by atoms with Crippen LogP contribution in [0.2, 0.25) is 5.02 Å². The van der Waals surface area contributed by atoms with Crippen molar-refractivity contribution in [1.82, 2.24) is 24.8 Å². The Morgan fingerprint density at radius 2 is 2.23 bits per heavy atom. The summed E-state index contributed by atoms with van der Waals surface area (Å²) in [4.78, 5) is 38.4. The highest BCUT2D eigenvalue weighted by Crippen LogP contribution is 2.17. The van der Waals surface area contributed by atoms with E-state index in [1.807, 2.05) is 6.07 Å². The van der Waals surface area contributed by atoms with Crippen LogP contribution >= 0.6 is 11.6 Å². The molecule has 0 unspecified atom stereocenters. The zero-order chi connectivity index (χ0) is 15.7. The van der Waals surface area contributed by atoms with Gasteiger partial charge in [-0.3, -0.25) is 9.59 Å². The van der Waals surface area contributed by atoms with Gasteiger partial charge in [0.1, 0.15) is 11.5 Å². The molecule has 0 atom stereocenters. The van der Waals surface area contributed by atoms with Crippen molar-refractivity contribution in [2.45, 2.75) is 6.54 Å². The van der Waals surface area contributed by atoms with Gasteiger partial charge < -0.3 is 14.9 Å². The number of hydrogen-bond acceptors (Lipinski definition) is 4. The lowest BCUT2D eigenvalue weighted by molar-refractivity contribution is 0.0775. The third-order valence-corrected chi connectivity index (χ3v) is 3.35. The number of halogens is 1. The van der Waals surface area contributed by atoms with Crippen LogP contribution in [0.25, 0.3) is 11.0 Å². The fraction of sp³-hybridized carbons (Fsp3) is 0.143. The quantitative estimate of drug-likeness (QED) is 0.766. The number of nitrogens with zero attached hydrogens (tertiary/aromatic N) is 3. The third-order valence-electron chi connectivity index (χ3n) is 3.12. The van der Waals surface area contributed by atoms with Gasteiger partial charge in [0.15, 0.2) is 0 Å². The lowest BCUT2D eigenvalue weighted by Crippen LogP contribution is -2.28. The molecule has 1 aromatic carbocycles. The Kier molecular flexibility index (Phi) is 3.64. The fourth-order valence-corrected chi connectivity index (χ4v) is 2.23. The van der Waals surface area contributed by atoms with Crippen molar-refractivity contribution in [3.63, 3.8) is 0 Å². The summed E-state index contributed by atoms with van der Waals surface area (Å²) in [6.07, 6.45) is 2.36. The van der Waals surface area contributed by atoms with Crippen LogP contribution in [0.15, 0.2) is 35.4 Å². The molecule has 2 heterocycles. The smallest absolute Gasteiger partial charge is 0.274 e. The predicted octanol–water partition coefficient (Wildman–Crippen LogP) is 1.57. The largest absolute Gasteiger partial charge is 0.340 e. The van der Waals surface area contributed by atoms with E-state index in [9.17, 15) is 9.59 Å². The summed E-state index contributed by atoms with van der Waals surface area (Å²) >= 11 is 5.93. The van der Waals surface area contributed by atoms with Gasteiger partial charge in [-0.05, 0) is 18.2 Å². The highest BCUT2D eigenvalue weighted by atomic mass is 35.5. The summed E-state index contributed by atoms with van der Waals surface area (Å²) < 4.78 is 0. The maximum atomic E-state index is 12.2. The Balaban J connectivity index is 1.79. The lowest BCUT2D eigenvalue weighted by atomic mass is 10.3. The molecule has 1 amide bonds. The van der Waals surface area contributed by atoms with Crippen LogP contribution in [-0.4, -0.2) is 37.8 Å². The van der Waals surface area contributed by atoms with E-state index in [1.54, 1.807) is 19.2 Å². The number of nitrogens with one attached hydrogen (secondary N) is 2. The van der Waals surface area contributed by atoms with Gasteiger partial charge in [0.25, 0.3) is 11.5 Å². The van der Waals surface area contributed by atoms with E-state index in [1.165, 1.54) is 11.1 Å². The first kappa shape index (κ1) is 14.3. The molecule has 2 aromatic heterocycles. The van der Waals surface area contributed by atoms with Crippen molar-refractivity contribution >= 4 is 28.5 Å². The Labute approximate surface area is 130 Å². The fourth-order valence-electron chi connectivity index (χ4n) is 2.06.